The van der Waals surface area contributed by atoms with Crippen LogP contribution in [0.4, 0.5) is 0 Å². The van der Waals surface area contributed by atoms with Crippen LogP contribution >= 0.6 is 11.6 Å². The first kappa shape index (κ1) is 7.50. The molecule has 46 valence electrons. The molecule has 0 aromatic carbocycles. The minimum atomic E-state index is -0.510. The molecule has 3 heteroatoms. The number of carbonyl (C=O) groups excluding carboxylic acids is 1. The van der Waals surface area contributed by atoms with Crippen molar-refractivity contribution in [1.82, 2.24) is 0 Å². The minimum absolute atomic E-state index is 0.510. The van der Waals surface area contributed by atoms with Crippen LogP contribution in [0.2, 0.25) is 0 Å². The van der Waals surface area contributed by atoms with Gasteiger partial charge in [0.05, 0.1) is 12.9 Å². The summed E-state index contributed by atoms with van der Waals surface area (Å²) in [6, 6.07) is 0. The number of allylic oxidation sites excluding steroid dienone is 2. The Hall–Kier alpha value is -0.500. The summed E-state index contributed by atoms with van der Waals surface area (Å²) in [4.78, 5) is 10.0. The van der Waals surface area contributed by atoms with Gasteiger partial charge in [-0.3, -0.25) is 4.79 Å². The van der Waals surface area contributed by atoms with E-state index in [1.54, 1.807) is 6.92 Å². The van der Waals surface area contributed by atoms with E-state index in [2.05, 4.69) is 4.74 Å². The van der Waals surface area contributed by atoms with Gasteiger partial charge in [-0.25, -0.2) is 0 Å². The predicted octanol–water partition coefficient (Wildman–Crippen LogP) is 1.30. The molecule has 0 aliphatic rings. The van der Waals surface area contributed by atoms with E-state index in [1.807, 2.05) is 0 Å². The van der Waals surface area contributed by atoms with E-state index < -0.39 is 5.24 Å². The number of hydrogen-bond acceptors (Lipinski definition) is 2. The van der Waals surface area contributed by atoms with Crippen molar-refractivity contribution in [2.24, 2.45) is 0 Å². The van der Waals surface area contributed by atoms with Crippen molar-refractivity contribution in [3.05, 3.63) is 11.8 Å². The Morgan fingerprint density at radius 1 is 1.75 bits per heavy atom. The van der Waals surface area contributed by atoms with E-state index in [4.69, 9.17) is 11.6 Å². The molecule has 0 aromatic heterocycles. The van der Waals surface area contributed by atoms with Crippen LogP contribution in [0.3, 0.4) is 0 Å². The van der Waals surface area contributed by atoms with E-state index in [-0.39, 0.29) is 0 Å². The molecule has 0 aliphatic carbocycles. The first-order valence-corrected chi connectivity index (χ1v) is 2.46. The highest BCUT2D eigenvalue weighted by molar-refractivity contribution is 6.66. The highest BCUT2D eigenvalue weighted by Gasteiger charge is 1.88. The molecular formula is C5H7ClO2. The maximum atomic E-state index is 10.0. The third-order valence-electron chi connectivity index (χ3n) is 0.639. The Bertz CT molecular complexity index is 118. The molecule has 0 radical (unpaired) electrons. The summed E-state index contributed by atoms with van der Waals surface area (Å²) in [6.07, 6.45) is 1.21. The second kappa shape index (κ2) is 3.50. The molecule has 0 fully saturated rings. The van der Waals surface area contributed by atoms with Crippen molar-refractivity contribution < 1.29 is 9.53 Å². The Balaban J connectivity index is 3.75. The molecule has 0 aromatic rings. The Morgan fingerprint density at radius 3 is 2.38 bits per heavy atom. The lowest BCUT2D eigenvalue weighted by Crippen LogP contribution is -1.83. The first-order chi connectivity index (χ1) is 3.66. The monoisotopic (exact) mass is 134 g/mol. The molecule has 0 atom stereocenters. The van der Waals surface area contributed by atoms with Crippen LogP contribution < -0.4 is 0 Å². The van der Waals surface area contributed by atoms with Crippen LogP contribution in [0.5, 0.6) is 0 Å². The van der Waals surface area contributed by atoms with Gasteiger partial charge in [0.1, 0.15) is 0 Å². The van der Waals surface area contributed by atoms with Gasteiger partial charge in [-0.1, -0.05) is 0 Å². The Morgan fingerprint density at radius 2 is 2.25 bits per heavy atom. The standard InChI is InChI=1S/C5H7ClO2/c1-4(8-2)3-5(6)7/h3H,1-2H3/b4-3+. The van der Waals surface area contributed by atoms with Gasteiger partial charge < -0.3 is 4.74 Å². The van der Waals surface area contributed by atoms with Crippen molar-refractivity contribution in [2.75, 3.05) is 7.11 Å². The van der Waals surface area contributed by atoms with E-state index in [0.717, 1.165) is 0 Å². The topological polar surface area (TPSA) is 26.3 Å². The minimum Gasteiger partial charge on any atom is -0.501 e. The van der Waals surface area contributed by atoms with Crippen molar-refractivity contribution in [3.63, 3.8) is 0 Å². The molecule has 0 saturated carbocycles. The van der Waals surface area contributed by atoms with E-state index in [0.29, 0.717) is 5.76 Å². The summed E-state index contributed by atoms with van der Waals surface area (Å²) in [5, 5.41) is -0.510. The van der Waals surface area contributed by atoms with Gasteiger partial charge in [-0.2, -0.15) is 0 Å². The lowest BCUT2D eigenvalue weighted by atomic mass is 10.5. The van der Waals surface area contributed by atoms with Gasteiger partial charge >= 0.3 is 0 Å². The molecule has 0 unspecified atom stereocenters. The summed E-state index contributed by atoms with van der Waals surface area (Å²) in [7, 11) is 1.48. The zero-order valence-corrected chi connectivity index (χ0v) is 5.53. The SMILES string of the molecule is CO/C(C)=C/C(=O)Cl. The normalized spacial score (nSPS) is 11.1. The van der Waals surface area contributed by atoms with Crippen LogP contribution in [0, 0.1) is 0 Å². The zero-order valence-electron chi connectivity index (χ0n) is 4.77. The van der Waals surface area contributed by atoms with Crippen LogP contribution in [0.25, 0.3) is 0 Å². The highest BCUT2D eigenvalue weighted by atomic mass is 35.5. The van der Waals surface area contributed by atoms with Gasteiger partial charge in [0.25, 0.3) is 0 Å². The summed E-state index contributed by atoms with van der Waals surface area (Å²) < 4.78 is 4.62. The molecular weight excluding hydrogens is 128 g/mol. The number of carbonyl (C=O) groups is 1. The number of methoxy groups -OCH3 is 1. The molecule has 0 rings (SSSR count). The predicted molar refractivity (Wildman–Crippen MR) is 31.6 cm³/mol. The van der Waals surface area contributed by atoms with Gasteiger partial charge in [0.15, 0.2) is 0 Å². The second-order valence-corrected chi connectivity index (χ2v) is 1.64. The van der Waals surface area contributed by atoms with Crippen LogP contribution in [-0.4, -0.2) is 12.4 Å². The van der Waals surface area contributed by atoms with Crippen LogP contribution in [0.15, 0.2) is 11.8 Å². The molecule has 0 heterocycles. The smallest absolute Gasteiger partial charge is 0.248 e. The lowest BCUT2D eigenvalue weighted by molar-refractivity contribution is -0.107. The van der Waals surface area contributed by atoms with Crippen LogP contribution in [0.1, 0.15) is 6.92 Å². The van der Waals surface area contributed by atoms with Crippen molar-refractivity contribution >= 4 is 16.8 Å². The molecule has 8 heavy (non-hydrogen) atoms. The summed E-state index contributed by atoms with van der Waals surface area (Å²) >= 11 is 4.96. The van der Waals surface area contributed by atoms with Crippen LogP contribution in [-0.2, 0) is 9.53 Å². The number of ether oxygens (including phenoxy) is 1. The average molecular weight is 135 g/mol. The molecule has 0 bridgehead atoms. The fraction of sp³-hybridized carbons (Fsp3) is 0.400. The van der Waals surface area contributed by atoms with Crippen molar-refractivity contribution in [2.45, 2.75) is 6.92 Å². The first-order valence-electron chi connectivity index (χ1n) is 2.08. The second-order valence-electron chi connectivity index (χ2n) is 1.26. The molecule has 0 spiro atoms. The molecule has 0 saturated heterocycles. The number of rotatable bonds is 2. The number of hydrogen-bond donors (Lipinski definition) is 0. The lowest BCUT2D eigenvalue weighted by Gasteiger charge is -1.92. The quantitative estimate of drug-likeness (QED) is 0.323. The highest BCUT2D eigenvalue weighted by Crippen LogP contribution is 1.93. The molecule has 0 aliphatic heterocycles. The molecule has 0 N–H and O–H groups in total. The van der Waals surface area contributed by atoms with Gasteiger partial charge in [-0.15, -0.1) is 0 Å². The molecule has 0 amide bonds. The third kappa shape index (κ3) is 3.68. The molecule has 2 nitrogen and oxygen atoms in total. The summed E-state index contributed by atoms with van der Waals surface area (Å²) in [5.74, 6) is 0.519. The maximum Gasteiger partial charge on any atom is 0.248 e. The van der Waals surface area contributed by atoms with Gasteiger partial charge in [0, 0.05) is 6.08 Å². The van der Waals surface area contributed by atoms with E-state index in [9.17, 15) is 4.79 Å². The fourth-order valence-corrected chi connectivity index (χ4v) is 0.372. The van der Waals surface area contributed by atoms with Gasteiger partial charge in [0.2, 0.25) is 5.24 Å². The van der Waals surface area contributed by atoms with E-state index in [1.165, 1.54) is 13.2 Å². The Labute approximate surface area is 53.1 Å². The Kier molecular flexibility index (Phi) is 3.28. The van der Waals surface area contributed by atoms with Gasteiger partial charge in [-0.05, 0) is 18.5 Å². The van der Waals surface area contributed by atoms with E-state index >= 15 is 0 Å². The largest absolute Gasteiger partial charge is 0.501 e. The third-order valence-corrected chi connectivity index (χ3v) is 0.748. The van der Waals surface area contributed by atoms with Crippen molar-refractivity contribution in [1.29, 1.82) is 0 Å². The number of halogens is 1. The fourth-order valence-electron chi connectivity index (χ4n) is 0.219. The average Bonchev–Trinajstić information content (AvgIpc) is 1.65. The summed E-state index contributed by atoms with van der Waals surface area (Å²) in [5.41, 5.74) is 0. The maximum absolute atomic E-state index is 10.0. The zero-order chi connectivity index (χ0) is 6.57. The van der Waals surface area contributed by atoms with Crippen molar-refractivity contribution in [3.8, 4) is 0 Å². The summed E-state index contributed by atoms with van der Waals surface area (Å²) in [6.45, 7) is 1.65.